The van der Waals surface area contributed by atoms with E-state index in [2.05, 4.69) is 26.0 Å². The first kappa shape index (κ1) is 26.1. The van der Waals surface area contributed by atoms with Crippen LogP contribution in [0.3, 0.4) is 0 Å². The van der Waals surface area contributed by atoms with Crippen LogP contribution in [0.2, 0.25) is 0 Å². The van der Waals surface area contributed by atoms with E-state index < -0.39 is 23.4 Å². The quantitative estimate of drug-likeness (QED) is 0.220. The van der Waals surface area contributed by atoms with Crippen molar-refractivity contribution in [3.05, 3.63) is 100.0 Å². The summed E-state index contributed by atoms with van der Waals surface area (Å²) in [5.41, 5.74) is 3.25. The Morgan fingerprint density at radius 1 is 1.03 bits per heavy atom. The standard InChI is InChI=1S/C28H27N5O5/c1-3-15-38-22-14-13-18(16-23(22)37-2)17-29-32-28(36)25(30-26(34)19-9-5-4-6-10-19)24-20-11-7-8-12-21(20)27(35)33-31-24/h4-14,16-17,25H,3,15H2,1-2H3,(H,30,34)(H,32,36)(H,33,35)/b29-17+/t25-/m0/s1. The van der Waals surface area contributed by atoms with E-state index in [-0.39, 0.29) is 5.69 Å². The largest absolute Gasteiger partial charge is 0.493 e. The second kappa shape index (κ2) is 12.3. The van der Waals surface area contributed by atoms with Crippen molar-refractivity contribution < 1.29 is 19.1 Å². The Balaban J connectivity index is 1.61. The van der Waals surface area contributed by atoms with E-state index in [0.29, 0.717) is 40.0 Å². The van der Waals surface area contributed by atoms with Crippen LogP contribution in [-0.2, 0) is 4.79 Å². The number of hydrogen-bond donors (Lipinski definition) is 3. The summed E-state index contributed by atoms with van der Waals surface area (Å²) >= 11 is 0. The predicted octanol–water partition coefficient (Wildman–Crippen LogP) is 3.34. The molecule has 0 unspecified atom stereocenters. The fraction of sp³-hybridized carbons (Fsp3) is 0.179. The van der Waals surface area contributed by atoms with Crippen molar-refractivity contribution in [2.45, 2.75) is 19.4 Å². The Kier molecular flexibility index (Phi) is 8.45. The number of H-pyrrole nitrogens is 1. The lowest BCUT2D eigenvalue weighted by Crippen LogP contribution is -2.40. The zero-order valence-corrected chi connectivity index (χ0v) is 20.9. The molecule has 194 valence electrons. The first-order valence-corrected chi connectivity index (χ1v) is 12.0. The van der Waals surface area contributed by atoms with Gasteiger partial charge in [0.1, 0.15) is 5.69 Å². The maximum atomic E-state index is 13.3. The summed E-state index contributed by atoms with van der Waals surface area (Å²) in [5, 5.41) is 14.0. The number of carbonyl (C=O) groups excluding carboxylic acids is 2. The molecule has 1 heterocycles. The van der Waals surface area contributed by atoms with E-state index in [9.17, 15) is 14.4 Å². The third-order valence-corrected chi connectivity index (χ3v) is 5.61. The van der Waals surface area contributed by atoms with Gasteiger partial charge in [-0.2, -0.15) is 10.2 Å². The van der Waals surface area contributed by atoms with E-state index in [1.165, 1.54) is 6.21 Å². The Labute approximate surface area is 218 Å². The number of aromatic amines is 1. The molecule has 2 amide bonds. The number of amides is 2. The molecule has 0 aliphatic heterocycles. The van der Waals surface area contributed by atoms with Crippen LogP contribution in [0.1, 0.15) is 41.0 Å². The maximum absolute atomic E-state index is 13.3. The second-order valence-corrected chi connectivity index (χ2v) is 8.25. The van der Waals surface area contributed by atoms with Gasteiger partial charge in [-0.05, 0) is 48.4 Å². The average molecular weight is 514 g/mol. The Morgan fingerprint density at radius 3 is 2.50 bits per heavy atom. The minimum absolute atomic E-state index is 0.177. The van der Waals surface area contributed by atoms with Gasteiger partial charge in [-0.3, -0.25) is 14.4 Å². The minimum Gasteiger partial charge on any atom is -0.493 e. The number of hydrogen-bond acceptors (Lipinski definition) is 7. The monoisotopic (exact) mass is 513 g/mol. The molecule has 0 radical (unpaired) electrons. The van der Waals surface area contributed by atoms with Crippen LogP contribution >= 0.6 is 0 Å². The molecular formula is C28H27N5O5. The number of ether oxygens (including phenoxy) is 2. The highest BCUT2D eigenvalue weighted by Gasteiger charge is 2.27. The van der Waals surface area contributed by atoms with Crippen LogP contribution in [0.25, 0.3) is 10.8 Å². The molecule has 0 aliphatic carbocycles. The molecule has 38 heavy (non-hydrogen) atoms. The van der Waals surface area contributed by atoms with Crippen LogP contribution in [0.15, 0.2) is 82.7 Å². The molecule has 10 heteroatoms. The SMILES string of the molecule is CCCOc1ccc(/C=N/NC(=O)[C@@H](NC(=O)c2ccccc2)c2n[nH]c(=O)c3ccccc23)cc1OC. The number of methoxy groups -OCH3 is 1. The summed E-state index contributed by atoms with van der Waals surface area (Å²) in [4.78, 5) is 38.5. The lowest BCUT2D eigenvalue weighted by Gasteiger charge is -2.18. The molecule has 0 bridgehead atoms. The number of nitrogens with one attached hydrogen (secondary N) is 3. The van der Waals surface area contributed by atoms with Crippen molar-refractivity contribution in [1.29, 1.82) is 0 Å². The smallest absolute Gasteiger partial charge is 0.272 e. The first-order valence-electron chi connectivity index (χ1n) is 12.0. The molecule has 0 fully saturated rings. The van der Waals surface area contributed by atoms with Crippen molar-refractivity contribution in [3.8, 4) is 11.5 Å². The number of nitrogens with zero attached hydrogens (tertiary/aromatic N) is 2. The molecule has 0 saturated carbocycles. The normalized spacial score (nSPS) is 11.7. The van der Waals surface area contributed by atoms with E-state index in [4.69, 9.17) is 9.47 Å². The Bertz CT molecular complexity index is 1520. The third-order valence-electron chi connectivity index (χ3n) is 5.61. The Morgan fingerprint density at radius 2 is 1.76 bits per heavy atom. The molecular weight excluding hydrogens is 486 g/mol. The zero-order chi connectivity index (χ0) is 26.9. The van der Waals surface area contributed by atoms with E-state index in [1.807, 2.05) is 6.92 Å². The van der Waals surface area contributed by atoms with Gasteiger partial charge in [0, 0.05) is 10.9 Å². The molecule has 1 atom stereocenters. The molecule has 0 spiro atoms. The van der Waals surface area contributed by atoms with Crippen molar-refractivity contribution in [3.63, 3.8) is 0 Å². The zero-order valence-electron chi connectivity index (χ0n) is 20.9. The Hall–Kier alpha value is -4.99. The van der Waals surface area contributed by atoms with Gasteiger partial charge in [-0.15, -0.1) is 0 Å². The minimum atomic E-state index is -1.25. The molecule has 4 rings (SSSR count). The lowest BCUT2D eigenvalue weighted by atomic mass is 10.0. The number of benzene rings is 3. The fourth-order valence-electron chi connectivity index (χ4n) is 3.75. The number of hydrazone groups is 1. The van der Waals surface area contributed by atoms with Crippen LogP contribution in [-0.4, -0.2) is 41.9 Å². The van der Waals surface area contributed by atoms with Gasteiger partial charge in [0.15, 0.2) is 17.5 Å². The van der Waals surface area contributed by atoms with Crippen molar-refractivity contribution in [2.24, 2.45) is 5.10 Å². The van der Waals surface area contributed by atoms with Gasteiger partial charge in [0.25, 0.3) is 17.4 Å². The van der Waals surface area contributed by atoms with Gasteiger partial charge < -0.3 is 14.8 Å². The highest BCUT2D eigenvalue weighted by molar-refractivity contribution is 5.99. The number of fused-ring (bicyclic) bond motifs is 1. The molecule has 0 aliphatic rings. The van der Waals surface area contributed by atoms with Crippen molar-refractivity contribution >= 4 is 28.8 Å². The van der Waals surface area contributed by atoms with Crippen molar-refractivity contribution in [1.82, 2.24) is 20.9 Å². The number of aromatic nitrogens is 2. The topological polar surface area (TPSA) is 135 Å². The summed E-state index contributed by atoms with van der Waals surface area (Å²) in [6, 6.07) is 19.2. The number of carbonyl (C=O) groups is 2. The van der Waals surface area contributed by atoms with Gasteiger partial charge in [-0.25, -0.2) is 10.5 Å². The molecule has 10 nitrogen and oxygen atoms in total. The summed E-state index contributed by atoms with van der Waals surface area (Å²) in [5.74, 6) is 0.00481. The second-order valence-electron chi connectivity index (χ2n) is 8.25. The van der Waals surface area contributed by atoms with Gasteiger partial charge in [-0.1, -0.05) is 43.3 Å². The van der Waals surface area contributed by atoms with E-state index in [0.717, 1.165) is 6.42 Å². The highest BCUT2D eigenvalue weighted by Crippen LogP contribution is 2.27. The van der Waals surface area contributed by atoms with Crippen LogP contribution in [0.4, 0.5) is 0 Å². The molecule has 0 saturated heterocycles. The fourth-order valence-corrected chi connectivity index (χ4v) is 3.75. The lowest BCUT2D eigenvalue weighted by molar-refractivity contribution is -0.123. The van der Waals surface area contributed by atoms with E-state index >= 15 is 0 Å². The average Bonchev–Trinajstić information content (AvgIpc) is 2.96. The number of rotatable bonds is 10. The van der Waals surface area contributed by atoms with E-state index in [1.54, 1.807) is 79.9 Å². The maximum Gasteiger partial charge on any atom is 0.272 e. The molecule has 4 aromatic rings. The highest BCUT2D eigenvalue weighted by atomic mass is 16.5. The summed E-state index contributed by atoms with van der Waals surface area (Å²) in [6.07, 6.45) is 2.30. The molecule has 3 N–H and O–H groups in total. The molecule has 1 aromatic heterocycles. The molecule has 3 aromatic carbocycles. The first-order chi connectivity index (χ1) is 18.5. The summed E-state index contributed by atoms with van der Waals surface area (Å²) in [6.45, 7) is 2.57. The summed E-state index contributed by atoms with van der Waals surface area (Å²) in [7, 11) is 1.54. The van der Waals surface area contributed by atoms with Crippen LogP contribution in [0.5, 0.6) is 11.5 Å². The van der Waals surface area contributed by atoms with Gasteiger partial charge >= 0.3 is 0 Å². The van der Waals surface area contributed by atoms with Crippen molar-refractivity contribution in [2.75, 3.05) is 13.7 Å². The van der Waals surface area contributed by atoms with Crippen LogP contribution < -0.4 is 25.8 Å². The predicted molar refractivity (Wildman–Crippen MR) is 144 cm³/mol. The van der Waals surface area contributed by atoms with Gasteiger partial charge in [0.2, 0.25) is 0 Å². The van der Waals surface area contributed by atoms with Gasteiger partial charge in [0.05, 0.1) is 25.3 Å². The summed E-state index contributed by atoms with van der Waals surface area (Å²) < 4.78 is 11.0. The van der Waals surface area contributed by atoms with Crippen LogP contribution in [0, 0.1) is 0 Å². The third kappa shape index (κ3) is 6.04.